The number of nitrogens with zero attached hydrogens (tertiary/aromatic N) is 3. The van der Waals surface area contributed by atoms with Gasteiger partial charge in [-0.25, -0.2) is 4.98 Å². The van der Waals surface area contributed by atoms with Gasteiger partial charge in [-0.05, 0) is 38.5 Å². The van der Waals surface area contributed by atoms with Crippen molar-refractivity contribution < 1.29 is 9.53 Å². The van der Waals surface area contributed by atoms with Crippen molar-refractivity contribution in [2.75, 3.05) is 6.54 Å². The second-order valence-electron chi connectivity index (χ2n) is 7.07. The van der Waals surface area contributed by atoms with Gasteiger partial charge in [-0.2, -0.15) is 5.10 Å². The van der Waals surface area contributed by atoms with E-state index in [2.05, 4.69) is 41.4 Å². The Morgan fingerprint density at radius 2 is 2.15 bits per heavy atom. The number of hydrogen-bond donors (Lipinski definition) is 1. The van der Waals surface area contributed by atoms with Crippen LogP contribution in [0.1, 0.15) is 33.2 Å². The monoisotopic (exact) mass is 370 g/mol. The first kappa shape index (κ1) is 17.0. The Morgan fingerprint density at radius 3 is 2.85 bits per heavy atom. The highest BCUT2D eigenvalue weighted by Crippen LogP contribution is 2.36. The standard InChI is InChI=1S/C19H22N4O2S/c1-11(2)23-9-15(8-22-23)13-4-16-19(26-10-21-16)17(5-13)25-12(3)14-6-18(24)20-7-14/h4-5,8-12,14H,6-7H2,1-3H3,(H,20,24)/t12-,14-/m0/s1. The number of fused-ring (bicyclic) bond motifs is 1. The predicted molar refractivity (Wildman–Crippen MR) is 102 cm³/mol. The Bertz CT molecular complexity index is 946. The summed E-state index contributed by atoms with van der Waals surface area (Å²) < 4.78 is 9.27. The number of nitrogens with one attached hydrogen (secondary N) is 1. The summed E-state index contributed by atoms with van der Waals surface area (Å²) in [6.07, 6.45) is 4.40. The van der Waals surface area contributed by atoms with Gasteiger partial charge in [0.25, 0.3) is 0 Å². The van der Waals surface area contributed by atoms with Crippen molar-refractivity contribution in [3.63, 3.8) is 0 Å². The summed E-state index contributed by atoms with van der Waals surface area (Å²) >= 11 is 1.57. The summed E-state index contributed by atoms with van der Waals surface area (Å²) in [7, 11) is 0. The molecule has 3 heterocycles. The van der Waals surface area contributed by atoms with Gasteiger partial charge in [0.1, 0.15) is 11.9 Å². The zero-order valence-electron chi connectivity index (χ0n) is 15.1. The van der Waals surface area contributed by atoms with Gasteiger partial charge in [0.2, 0.25) is 5.91 Å². The van der Waals surface area contributed by atoms with Crippen LogP contribution in [0, 0.1) is 5.92 Å². The maximum absolute atomic E-state index is 11.5. The van der Waals surface area contributed by atoms with Gasteiger partial charge in [-0.1, -0.05) is 0 Å². The molecule has 1 aliphatic heterocycles. The molecule has 26 heavy (non-hydrogen) atoms. The molecule has 4 rings (SSSR count). The molecule has 3 aromatic rings. The quantitative estimate of drug-likeness (QED) is 0.744. The molecule has 2 aromatic heterocycles. The third-order valence-electron chi connectivity index (χ3n) is 4.85. The second-order valence-corrected chi connectivity index (χ2v) is 7.92. The molecular weight excluding hydrogens is 348 g/mol. The van der Waals surface area contributed by atoms with E-state index in [1.165, 1.54) is 0 Å². The minimum atomic E-state index is -0.0483. The fraction of sp³-hybridized carbons (Fsp3) is 0.421. The molecule has 0 spiro atoms. The van der Waals surface area contributed by atoms with Crippen molar-refractivity contribution in [1.82, 2.24) is 20.1 Å². The number of rotatable bonds is 5. The summed E-state index contributed by atoms with van der Waals surface area (Å²) in [4.78, 5) is 16.0. The lowest BCUT2D eigenvalue weighted by Crippen LogP contribution is -2.25. The summed E-state index contributed by atoms with van der Waals surface area (Å²) in [6, 6.07) is 4.45. The lowest BCUT2D eigenvalue weighted by atomic mass is 10.0. The fourth-order valence-corrected chi connectivity index (χ4v) is 3.94. The normalized spacial score (nSPS) is 18.5. The lowest BCUT2D eigenvalue weighted by molar-refractivity contribution is -0.119. The first-order valence-corrected chi connectivity index (χ1v) is 9.74. The summed E-state index contributed by atoms with van der Waals surface area (Å²) in [6.45, 7) is 6.91. The molecule has 0 aliphatic carbocycles. The third-order valence-corrected chi connectivity index (χ3v) is 5.70. The highest BCUT2D eigenvalue weighted by Gasteiger charge is 2.28. The minimum Gasteiger partial charge on any atom is -0.489 e. The van der Waals surface area contributed by atoms with Crippen LogP contribution >= 0.6 is 11.3 Å². The third kappa shape index (κ3) is 3.19. The van der Waals surface area contributed by atoms with Crippen LogP contribution in [0.2, 0.25) is 0 Å². The van der Waals surface area contributed by atoms with Gasteiger partial charge in [0, 0.05) is 36.7 Å². The highest BCUT2D eigenvalue weighted by atomic mass is 32.1. The van der Waals surface area contributed by atoms with Crippen LogP contribution in [-0.4, -0.2) is 33.3 Å². The Labute approximate surface area is 156 Å². The summed E-state index contributed by atoms with van der Waals surface area (Å²) in [5.74, 6) is 1.12. The average Bonchev–Trinajstić information content (AvgIpc) is 3.34. The van der Waals surface area contributed by atoms with E-state index in [1.807, 2.05) is 29.5 Å². The average molecular weight is 370 g/mol. The number of benzene rings is 1. The van der Waals surface area contributed by atoms with Crippen LogP contribution < -0.4 is 10.1 Å². The lowest BCUT2D eigenvalue weighted by Gasteiger charge is -2.20. The molecule has 1 saturated heterocycles. The number of amides is 1. The molecule has 136 valence electrons. The van der Waals surface area contributed by atoms with Crippen molar-refractivity contribution in [2.24, 2.45) is 5.92 Å². The topological polar surface area (TPSA) is 69.0 Å². The van der Waals surface area contributed by atoms with Crippen molar-refractivity contribution in [3.05, 3.63) is 30.0 Å². The molecule has 1 aromatic carbocycles. The van der Waals surface area contributed by atoms with E-state index < -0.39 is 0 Å². The first-order valence-electron chi connectivity index (χ1n) is 8.86. The van der Waals surface area contributed by atoms with Crippen molar-refractivity contribution in [2.45, 2.75) is 39.3 Å². The van der Waals surface area contributed by atoms with Crippen LogP contribution in [0.15, 0.2) is 30.0 Å². The van der Waals surface area contributed by atoms with Crippen LogP contribution in [0.4, 0.5) is 0 Å². The number of carbonyl (C=O) groups is 1. The van der Waals surface area contributed by atoms with Gasteiger partial charge < -0.3 is 10.1 Å². The minimum absolute atomic E-state index is 0.0483. The van der Waals surface area contributed by atoms with Crippen LogP contribution in [0.25, 0.3) is 21.3 Å². The maximum Gasteiger partial charge on any atom is 0.220 e. The van der Waals surface area contributed by atoms with Crippen molar-refractivity contribution in [1.29, 1.82) is 0 Å². The zero-order chi connectivity index (χ0) is 18.3. The number of hydrogen-bond acceptors (Lipinski definition) is 5. The number of ether oxygens (including phenoxy) is 1. The Hall–Kier alpha value is -2.41. The Morgan fingerprint density at radius 1 is 1.31 bits per heavy atom. The SMILES string of the molecule is CC(C)n1cc(-c2cc(O[C@@H](C)[C@@H]3CNC(=O)C3)c3scnc3c2)cn1. The van der Waals surface area contributed by atoms with E-state index in [0.717, 1.165) is 27.1 Å². The molecule has 7 heteroatoms. The summed E-state index contributed by atoms with van der Waals surface area (Å²) in [5, 5.41) is 7.31. The highest BCUT2D eigenvalue weighted by molar-refractivity contribution is 7.17. The van der Waals surface area contributed by atoms with Gasteiger partial charge in [0.15, 0.2) is 0 Å². The van der Waals surface area contributed by atoms with Crippen LogP contribution in [-0.2, 0) is 4.79 Å². The number of carbonyl (C=O) groups excluding carboxylic acids is 1. The Balaban J connectivity index is 1.67. The van der Waals surface area contributed by atoms with Gasteiger partial charge in [-0.3, -0.25) is 9.48 Å². The first-order chi connectivity index (χ1) is 12.5. The molecule has 6 nitrogen and oxygen atoms in total. The predicted octanol–water partition coefficient (Wildman–Crippen LogP) is 3.64. The molecule has 1 fully saturated rings. The maximum atomic E-state index is 11.5. The Kier molecular flexibility index (Phi) is 4.40. The smallest absolute Gasteiger partial charge is 0.220 e. The number of aromatic nitrogens is 3. The molecule has 0 saturated carbocycles. The largest absolute Gasteiger partial charge is 0.489 e. The molecule has 1 aliphatic rings. The molecule has 0 radical (unpaired) electrons. The van der Waals surface area contributed by atoms with E-state index >= 15 is 0 Å². The van der Waals surface area contributed by atoms with Gasteiger partial charge >= 0.3 is 0 Å². The fourth-order valence-electron chi connectivity index (χ4n) is 3.22. The molecule has 0 bridgehead atoms. The molecule has 0 unspecified atom stereocenters. The van der Waals surface area contributed by atoms with E-state index in [9.17, 15) is 4.79 Å². The zero-order valence-corrected chi connectivity index (χ0v) is 15.9. The van der Waals surface area contributed by atoms with E-state index in [4.69, 9.17) is 4.74 Å². The van der Waals surface area contributed by atoms with Crippen LogP contribution in [0.5, 0.6) is 5.75 Å². The van der Waals surface area contributed by atoms with Crippen LogP contribution in [0.3, 0.4) is 0 Å². The van der Waals surface area contributed by atoms with Crippen molar-refractivity contribution in [3.8, 4) is 16.9 Å². The van der Waals surface area contributed by atoms with Gasteiger partial charge in [0.05, 0.1) is 21.9 Å². The van der Waals surface area contributed by atoms with E-state index in [0.29, 0.717) is 19.0 Å². The summed E-state index contributed by atoms with van der Waals surface area (Å²) in [5.41, 5.74) is 4.85. The second kappa shape index (κ2) is 6.72. The molecule has 1 amide bonds. The molecule has 2 atom stereocenters. The molecular formula is C19H22N4O2S. The van der Waals surface area contributed by atoms with E-state index in [1.54, 1.807) is 11.3 Å². The van der Waals surface area contributed by atoms with E-state index in [-0.39, 0.29) is 17.9 Å². The van der Waals surface area contributed by atoms with Crippen molar-refractivity contribution >= 4 is 27.5 Å². The number of thiazole rings is 1. The molecule has 1 N–H and O–H groups in total. The van der Waals surface area contributed by atoms with Gasteiger partial charge in [-0.15, -0.1) is 11.3 Å².